The van der Waals surface area contributed by atoms with E-state index in [4.69, 9.17) is 0 Å². The van der Waals surface area contributed by atoms with Gasteiger partial charge in [0.05, 0.1) is 12.4 Å². The molecule has 0 saturated heterocycles. The number of hydrogen-bond donors (Lipinski definition) is 2. The van der Waals surface area contributed by atoms with Crippen molar-refractivity contribution in [1.82, 2.24) is 30.8 Å². The Labute approximate surface area is 99.4 Å². The average molecular weight is 292 g/mol. The van der Waals surface area contributed by atoms with Crippen LogP contribution in [-0.4, -0.2) is 52.1 Å². The summed E-state index contributed by atoms with van der Waals surface area (Å²) in [6.45, 7) is 0. The smallest absolute Gasteiger partial charge is 0.264 e. The minimum absolute atomic E-state index is 0.783. The third-order valence-corrected chi connectivity index (χ3v) is 5.47. The van der Waals surface area contributed by atoms with Crippen LogP contribution in [0.4, 0.5) is 4.79 Å². The molecule has 13 heteroatoms. The van der Waals surface area contributed by atoms with Gasteiger partial charge >= 0.3 is 4.45 Å². The molecule has 0 aliphatic carbocycles. The van der Waals surface area contributed by atoms with E-state index in [1.807, 2.05) is 0 Å². The first-order valence-electron chi connectivity index (χ1n) is 4.14. The number of carbonyl (C=O) groups excluding carboxylic acids is 1. The van der Waals surface area contributed by atoms with E-state index in [1.54, 1.807) is 0 Å². The molecule has 2 aromatic rings. The Morgan fingerprint density at radius 1 is 0.889 bits per heavy atom. The highest BCUT2D eigenvalue weighted by Gasteiger charge is 2.41. The normalized spacial score (nSPS) is 12.4. The molecule has 0 radical (unpaired) electrons. The van der Waals surface area contributed by atoms with E-state index in [1.165, 1.54) is 0 Å². The van der Waals surface area contributed by atoms with Crippen molar-refractivity contribution in [3.05, 3.63) is 12.4 Å². The molecule has 0 saturated carbocycles. The van der Waals surface area contributed by atoms with Crippen LogP contribution in [-0.2, 0) is 19.7 Å². The van der Waals surface area contributed by atoms with Crippen LogP contribution >= 0.6 is 0 Å². The van der Waals surface area contributed by atoms with Crippen molar-refractivity contribution in [3.63, 3.8) is 0 Å². The van der Waals surface area contributed by atoms with Gasteiger partial charge in [-0.05, 0) is 0 Å². The summed E-state index contributed by atoms with van der Waals surface area (Å²) in [4.78, 5) is 11.5. The van der Waals surface area contributed by atoms with Crippen LogP contribution in [0.3, 0.4) is 0 Å². The van der Waals surface area contributed by atoms with Gasteiger partial charge in [0.2, 0.25) is 10.1 Å². The van der Waals surface area contributed by atoms with Crippen LogP contribution in [0.5, 0.6) is 0 Å². The molecule has 0 spiro atoms. The van der Waals surface area contributed by atoms with Crippen molar-refractivity contribution in [3.8, 4) is 0 Å². The van der Waals surface area contributed by atoms with E-state index in [0.717, 1.165) is 12.4 Å². The summed E-state index contributed by atoms with van der Waals surface area (Å²) in [6, 6.07) is 0. The maximum absolute atomic E-state index is 11.6. The van der Waals surface area contributed by atoms with Gasteiger partial charge in [-0.15, -0.1) is 10.2 Å². The third kappa shape index (κ3) is 1.78. The van der Waals surface area contributed by atoms with Crippen LogP contribution in [0, 0.1) is 0 Å². The van der Waals surface area contributed by atoms with Gasteiger partial charge in [0.1, 0.15) is 0 Å². The number of nitrogens with zero attached hydrogens (tertiary/aromatic N) is 4. The molecule has 11 nitrogen and oxygen atoms in total. The quantitative estimate of drug-likeness (QED) is 0.654. The predicted molar refractivity (Wildman–Crippen MR) is 52.5 cm³/mol. The Bertz CT molecular complexity index is 692. The maximum atomic E-state index is 11.6. The molecule has 0 unspecified atom stereocenters. The second kappa shape index (κ2) is 3.95. The van der Waals surface area contributed by atoms with Crippen molar-refractivity contribution < 1.29 is 21.6 Å². The summed E-state index contributed by atoms with van der Waals surface area (Å²) in [5.41, 5.74) is 0. The molecule has 0 fully saturated rings. The summed E-state index contributed by atoms with van der Waals surface area (Å²) in [7, 11) is -9.59. The average Bonchev–Trinajstić information content (AvgIpc) is 3.00. The standard InChI is InChI=1S/C5H4N6O5S2/c12-5(17(13,14)3-1-6-10-8-3)18(15,16)4-2-7-11-9-4/h1-2H,(H,6,8,10)(H,7,9,11). The van der Waals surface area contributed by atoms with Crippen LogP contribution < -0.4 is 0 Å². The van der Waals surface area contributed by atoms with Crippen molar-refractivity contribution in [1.29, 1.82) is 0 Å². The fourth-order valence-corrected chi connectivity index (χ4v) is 3.68. The van der Waals surface area contributed by atoms with Gasteiger partial charge in [-0.25, -0.2) is 16.8 Å². The Kier molecular flexibility index (Phi) is 2.70. The van der Waals surface area contributed by atoms with Gasteiger partial charge in [0.25, 0.3) is 19.7 Å². The molecular weight excluding hydrogens is 288 g/mol. The van der Waals surface area contributed by atoms with Gasteiger partial charge in [0.15, 0.2) is 0 Å². The van der Waals surface area contributed by atoms with E-state index in [9.17, 15) is 21.6 Å². The van der Waals surface area contributed by atoms with Crippen LogP contribution in [0.1, 0.15) is 0 Å². The first-order valence-corrected chi connectivity index (χ1v) is 7.10. The molecule has 0 bridgehead atoms. The summed E-state index contributed by atoms with van der Waals surface area (Å²) >= 11 is 0. The van der Waals surface area contributed by atoms with Crippen molar-refractivity contribution in [2.75, 3.05) is 0 Å². The van der Waals surface area contributed by atoms with E-state index < -0.39 is 34.2 Å². The molecule has 0 aliphatic heterocycles. The van der Waals surface area contributed by atoms with Crippen molar-refractivity contribution >= 4 is 24.1 Å². The first kappa shape index (κ1) is 12.3. The molecule has 2 heterocycles. The zero-order valence-corrected chi connectivity index (χ0v) is 9.93. The lowest BCUT2D eigenvalue weighted by atomic mass is 10.9. The zero-order valence-electron chi connectivity index (χ0n) is 8.30. The number of hydrogen-bond acceptors (Lipinski definition) is 9. The van der Waals surface area contributed by atoms with Crippen molar-refractivity contribution in [2.24, 2.45) is 0 Å². The topological polar surface area (TPSA) is 168 Å². The lowest BCUT2D eigenvalue weighted by Gasteiger charge is -1.98. The van der Waals surface area contributed by atoms with Gasteiger partial charge < -0.3 is 0 Å². The van der Waals surface area contributed by atoms with Gasteiger partial charge in [-0.2, -0.15) is 0 Å². The van der Waals surface area contributed by atoms with E-state index >= 15 is 0 Å². The van der Waals surface area contributed by atoms with Crippen LogP contribution in [0.2, 0.25) is 0 Å². The highest BCUT2D eigenvalue weighted by molar-refractivity contribution is 8.30. The predicted octanol–water partition coefficient (Wildman–Crippen LogP) is -1.71. The van der Waals surface area contributed by atoms with E-state index in [2.05, 4.69) is 30.8 Å². The minimum atomic E-state index is -4.79. The summed E-state index contributed by atoms with van der Waals surface area (Å²) < 4.78 is 44.5. The Morgan fingerprint density at radius 2 is 1.28 bits per heavy atom. The lowest BCUT2D eigenvalue weighted by Crippen LogP contribution is -2.24. The SMILES string of the molecule is O=C(S(=O)(=O)c1c[nH]nn1)S(=O)(=O)c1c[nH]nn1. The Hall–Kier alpha value is -2.15. The van der Waals surface area contributed by atoms with E-state index in [0.29, 0.717) is 0 Å². The summed E-state index contributed by atoms with van der Waals surface area (Å²) in [6.07, 6.45) is 1.57. The highest BCUT2D eigenvalue weighted by Crippen LogP contribution is 2.16. The molecule has 2 aromatic heterocycles. The summed E-state index contributed by atoms with van der Waals surface area (Å²) in [5, 5.41) is 14.8. The molecule has 0 atom stereocenters. The van der Waals surface area contributed by atoms with Crippen LogP contribution in [0.15, 0.2) is 22.4 Å². The molecule has 0 aliphatic rings. The number of rotatable bonds is 2. The van der Waals surface area contributed by atoms with Gasteiger partial charge in [-0.3, -0.25) is 15.0 Å². The second-order valence-corrected chi connectivity index (χ2v) is 6.73. The molecule has 0 aromatic carbocycles. The number of H-pyrrole nitrogens is 2. The first-order chi connectivity index (χ1) is 8.37. The maximum Gasteiger partial charge on any atom is 0.372 e. The number of carbonyl (C=O) groups is 1. The number of aromatic amines is 2. The number of sulfone groups is 2. The second-order valence-electron chi connectivity index (χ2n) is 2.88. The highest BCUT2D eigenvalue weighted by atomic mass is 32.3. The number of nitrogens with one attached hydrogen (secondary N) is 2. The van der Waals surface area contributed by atoms with Crippen LogP contribution in [0.25, 0.3) is 0 Å². The molecule has 18 heavy (non-hydrogen) atoms. The molecular formula is C5H4N6O5S2. The largest absolute Gasteiger partial charge is 0.372 e. The summed E-state index contributed by atoms with van der Waals surface area (Å²) in [5.74, 6) is 0. The van der Waals surface area contributed by atoms with Crippen molar-refractivity contribution in [2.45, 2.75) is 10.1 Å². The fourth-order valence-electron chi connectivity index (χ4n) is 0.960. The van der Waals surface area contributed by atoms with E-state index in [-0.39, 0.29) is 0 Å². The Morgan fingerprint density at radius 3 is 1.56 bits per heavy atom. The van der Waals surface area contributed by atoms with Gasteiger partial charge in [-0.1, -0.05) is 10.4 Å². The monoisotopic (exact) mass is 292 g/mol. The Balaban J connectivity index is 2.52. The molecule has 2 rings (SSSR count). The number of aromatic nitrogens is 6. The lowest BCUT2D eigenvalue weighted by molar-refractivity contribution is 0.272. The zero-order chi connectivity index (χ0) is 13.4. The fraction of sp³-hybridized carbons (Fsp3) is 0. The molecule has 96 valence electrons. The minimum Gasteiger partial charge on any atom is -0.264 e. The third-order valence-electron chi connectivity index (χ3n) is 1.78. The molecule has 2 N–H and O–H groups in total. The van der Waals surface area contributed by atoms with Gasteiger partial charge in [0, 0.05) is 0 Å². The molecule has 0 amide bonds.